The molecule has 31 heavy (non-hydrogen) atoms. The average Bonchev–Trinajstić information content (AvgIpc) is 2.72. The molecule has 0 bridgehead atoms. The lowest BCUT2D eigenvalue weighted by Crippen LogP contribution is -2.23. The van der Waals surface area contributed by atoms with Gasteiger partial charge in [-0.05, 0) is 43.7 Å². The lowest BCUT2D eigenvalue weighted by molar-refractivity contribution is -0.137. The van der Waals surface area contributed by atoms with E-state index in [-0.39, 0.29) is 22.9 Å². The largest absolute Gasteiger partial charge is 0.497 e. The molecule has 162 valence electrons. The second-order valence-electron chi connectivity index (χ2n) is 6.98. The number of hydrogen-bond donors (Lipinski definition) is 3. The van der Waals surface area contributed by atoms with Crippen molar-refractivity contribution in [3.8, 4) is 17.1 Å². The molecule has 3 aromatic rings. The second kappa shape index (κ2) is 8.63. The first-order valence-electron chi connectivity index (χ1n) is 9.38. The Balaban J connectivity index is 1.99. The van der Waals surface area contributed by atoms with Crippen LogP contribution in [0.3, 0.4) is 0 Å². The SMILES string of the molecule is COc1cccc(-c2nc(NC(C)c3ccc(C(F)(F)F)cc3)c(C(C)=N)c(=O)[nH]2)c1. The molecule has 6 nitrogen and oxygen atoms in total. The van der Waals surface area contributed by atoms with Gasteiger partial charge in [0.25, 0.3) is 5.56 Å². The summed E-state index contributed by atoms with van der Waals surface area (Å²) in [6.07, 6.45) is -4.42. The maximum Gasteiger partial charge on any atom is 0.416 e. The first-order chi connectivity index (χ1) is 14.6. The third kappa shape index (κ3) is 4.93. The van der Waals surface area contributed by atoms with E-state index in [1.165, 1.54) is 26.2 Å². The Hall–Kier alpha value is -3.62. The maximum atomic E-state index is 12.8. The Morgan fingerprint density at radius 3 is 2.45 bits per heavy atom. The molecule has 1 atom stereocenters. The minimum atomic E-state index is -4.42. The van der Waals surface area contributed by atoms with Crippen molar-refractivity contribution >= 4 is 11.5 Å². The number of anilines is 1. The van der Waals surface area contributed by atoms with Gasteiger partial charge in [-0.25, -0.2) is 4.98 Å². The quantitative estimate of drug-likeness (QED) is 0.479. The molecule has 2 aromatic carbocycles. The Morgan fingerprint density at radius 2 is 1.87 bits per heavy atom. The highest BCUT2D eigenvalue weighted by Crippen LogP contribution is 2.30. The van der Waals surface area contributed by atoms with E-state index < -0.39 is 23.3 Å². The molecule has 0 fully saturated rings. The molecule has 0 aliphatic rings. The minimum absolute atomic E-state index is 0.00746. The summed E-state index contributed by atoms with van der Waals surface area (Å²) in [5, 5.41) is 11.0. The van der Waals surface area contributed by atoms with Gasteiger partial charge in [-0.1, -0.05) is 24.3 Å². The smallest absolute Gasteiger partial charge is 0.416 e. The number of rotatable bonds is 6. The van der Waals surface area contributed by atoms with Crippen LogP contribution in [0.1, 0.15) is 36.6 Å². The highest BCUT2D eigenvalue weighted by Gasteiger charge is 2.30. The molecule has 0 radical (unpaired) electrons. The molecule has 3 N–H and O–H groups in total. The van der Waals surface area contributed by atoms with Gasteiger partial charge in [-0.3, -0.25) is 4.79 Å². The third-order valence-electron chi connectivity index (χ3n) is 4.73. The molecule has 3 rings (SSSR count). The van der Waals surface area contributed by atoms with Crippen molar-refractivity contribution in [3.63, 3.8) is 0 Å². The van der Waals surface area contributed by atoms with E-state index in [0.29, 0.717) is 16.9 Å². The minimum Gasteiger partial charge on any atom is -0.497 e. The predicted molar refractivity (Wildman–Crippen MR) is 113 cm³/mol. The molecule has 0 aliphatic heterocycles. The number of nitrogens with zero attached hydrogens (tertiary/aromatic N) is 1. The van der Waals surface area contributed by atoms with Crippen LogP contribution >= 0.6 is 0 Å². The second-order valence-corrected chi connectivity index (χ2v) is 6.98. The number of benzene rings is 2. The first-order valence-corrected chi connectivity index (χ1v) is 9.38. The molecular formula is C22H21F3N4O2. The number of methoxy groups -OCH3 is 1. The fraction of sp³-hybridized carbons (Fsp3) is 0.227. The summed E-state index contributed by atoms with van der Waals surface area (Å²) >= 11 is 0. The molecule has 0 saturated carbocycles. The summed E-state index contributed by atoms with van der Waals surface area (Å²) in [7, 11) is 1.52. The first kappa shape index (κ1) is 22.1. The zero-order chi connectivity index (χ0) is 22.8. The maximum absolute atomic E-state index is 12.8. The fourth-order valence-corrected chi connectivity index (χ4v) is 3.08. The number of aromatic nitrogens is 2. The van der Waals surface area contributed by atoms with Crippen LogP contribution in [0.2, 0.25) is 0 Å². The number of H-pyrrole nitrogens is 1. The number of hydrogen-bond acceptors (Lipinski definition) is 5. The van der Waals surface area contributed by atoms with Crippen LogP contribution in [0.5, 0.6) is 5.75 Å². The van der Waals surface area contributed by atoms with Crippen LogP contribution in [0.25, 0.3) is 11.4 Å². The van der Waals surface area contributed by atoms with Crippen LogP contribution in [0.4, 0.5) is 19.0 Å². The number of alkyl halides is 3. The van der Waals surface area contributed by atoms with Gasteiger partial charge in [0, 0.05) is 17.3 Å². The highest BCUT2D eigenvalue weighted by molar-refractivity contribution is 6.00. The highest BCUT2D eigenvalue weighted by atomic mass is 19.4. The molecule has 0 spiro atoms. The van der Waals surface area contributed by atoms with E-state index >= 15 is 0 Å². The van der Waals surface area contributed by atoms with Crippen molar-refractivity contribution < 1.29 is 17.9 Å². The van der Waals surface area contributed by atoms with Crippen molar-refractivity contribution in [2.45, 2.75) is 26.1 Å². The third-order valence-corrected chi connectivity index (χ3v) is 4.73. The molecule has 0 amide bonds. The summed E-state index contributed by atoms with van der Waals surface area (Å²) in [6.45, 7) is 3.20. The van der Waals surface area contributed by atoms with Crippen molar-refractivity contribution in [1.29, 1.82) is 5.41 Å². The summed E-state index contributed by atoms with van der Waals surface area (Å²) in [5.41, 5.74) is 0.0115. The van der Waals surface area contributed by atoms with Gasteiger partial charge in [0.15, 0.2) is 0 Å². The Labute approximate surface area is 176 Å². The zero-order valence-electron chi connectivity index (χ0n) is 17.1. The molecule has 9 heteroatoms. The van der Waals surface area contributed by atoms with Crippen LogP contribution in [0.15, 0.2) is 53.3 Å². The Bertz CT molecular complexity index is 1150. The Morgan fingerprint density at radius 1 is 1.19 bits per heavy atom. The standard InChI is InChI=1S/C22H21F3N4O2/c1-12(26)18-20(27-13(2)14-7-9-16(10-8-14)22(23,24)25)28-19(29-21(18)30)15-5-4-6-17(11-15)31-3/h4-11,13,26H,1-3H3,(H2,27,28,29,30). The van der Waals surface area contributed by atoms with Crippen molar-refractivity contribution in [2.75, 3.05) is 12.4 Å². The van der Waals surface area contributed by atoms with Gasteiger partial charge in [0.05, 0.1) is 12.7 Å². The van der Waals surface area contributed by atoms with Gasteiger partial charge in [-0.15, -0.1) is 0 Å². The van der Waals surface area contributed by atoms with Gasteiger partial charge in [-0.2, -0.15) is 13.2 Å². The topological polar surface area (TPSA) is 90.9 Å². The van der Waals surface area contributed by atoms with Gasteiger partial charge >= 0.3 is 6.18 Å². The Kier molecular flexibility index (Phi) is 6.14. The van der Waals surface area contributed by atoms with E-state index in [4.69, 9.17) is 10.1 Å². The fourth-order valence-electron chi connectivity index (χ4n) is 3.08. The lowest BCUT2D eigenvalue weighted by atomic mass is 10.1. The number of aromatic amines is 1. The van der Waals surface area contributed by atoms with Crippen molar-refractivity contribution in [3.05, 3.63) is 75.6 Å². The number of nitrogens with one attached hydrogen (secondary N) is 3. The van der Waals surface area contributed by atoms with E-state index in [1.807, 2.05) is 0 Å². The monoisotopic (exact) mass is 430 g/mol. The van der Waals surface area contributed by atoms with Crippen LogP contribution in [-0.2, 0) is 6.18 Å². The van der Waals surface area contributed by atoms with Gasteiger partial charge in [0.1, 0.15) is 23.0 Å². The molecule has 1 aromatic heterocycles. The summed E-state index contributed by atoms with van der Waals surface area (Å²) < 4.78 is 43.7. The van der Waals surface area contributed by atoms with E-state index in [0.717, 1.165) is 12.1 Å². The number of ether oxygens (including phenoxy) is 1. The molecule has 1 heterocycles. The number of halogens is 3. The normalized spacial score (nSPS) is 12.3. The molecule has 0 aliphatic carbocycles. The molecular weight excluding hydrogens is 409 g/mol. The summed E-state index contributed by atoms with van der Waals surface area (Å²) in [6, 6.07) is 11.2. The summed E-state index contributed by atoms with van der Waals surface area (Å²) in [5.74, 6) is 1.03. The van der Waals surface area contributed by atoms with E-state index in [1.54, 1.807) is 31.2 Å². The van der Waals surface area contributed by atoms with Crippen LogP contribution in [-0.4, -0.2) is 22.8 Å². The summed E-state index contributed by atoms with van der Waals surface area (Å²) in [4.78, 5) is 19.8. The average molecular weight is 430 g/mol. The zero-order valence-corrected chi connectivity index (χ0v) is 17.1. The van der Waals surface area contributed by atoms with Gasteiger partial charge in [0.2, 0.25) is 0 Å². The predicted octanol–water partition coefficient (Wildman–Crippen LogP) is 5.03. The van der Waals surface area contributed by atoms with Crippen molar-refractivity contribution in [2.24, 2.45) is 0 Å². The van der Waals surface area contributed by atoms with Crippen LogP contribution in [0, 0.1) is 5.41 Å². The molecule has 1 unspecified atom stereocenters. The van der Waals surface area contributed by atoms with Gasteiger partial charge < -0.3 is 20.4 Å². The van der Waals surface area contributed by atoms with E-state index in [2.05, 4.69) is 15.3 Å². The van der Waals surface area contributed by atoms with Crippen molar-refractivity contribution in [1.82, 2.24) is 9.97 Å². The van der Waals surface area contributed by atoms with E-state index in [9.17, 15) is 18.0 Å². The lowest BCUT2D eigenvalue weighted by Gasteiger charge is -2.18. The molecule has 0 saturated heterocycles. The van der Waals surface area contributed by atoms with Crippen LogP contribution < -0.4 is 15.6 Å².